The van der Waals surface area contributed by atoms with Crippen LogP contribution in [0.1, 0.15) is 43.7 Å². The number of benzene rings is 2. The highest BCUT2D eigenvalue weighted by Crippen LogP contribution is 2.19. The van der Waals surface area contributed by atoms with Crippen LogP contribution in [0.4, 0.5) is 0 Å². The van der Waals surface area contributed by atoms with Crippen molar-refractivity contribution in [1.82, 2.24) is 10.6 Å². The molecule has 0 saturated carbocycles. The molecule has 0 saturated heterocycles. The fraction of sp³-hybridized carbons (Fsp3) is 0.424. The molecule has 2 amide bonds. The second kappa shape index (κ2) is 19.7. The maximum atomic E-state index is 13.3. The fourth-order valence-electron chi connectivity index (χ4n) is 4.25. The molecule has 0 unspecified atom stereocenters. The van der Waals surface area contributed by atoms with Gasteiger partial charge >= 0.3 is 5.97 Å². The molecule has 222 valence electrons. The summed E-state index contributed by atoms with van der Waals surface area (Å²) in [6, 6.07) is 19.0. The number of thioether (sulfide) groups is 1. The Balaban J connectivity index is 2.08. The van der Waals surface area contributed by atoms with Crippen molar-refractivity contribution < 1.29 is 24.2 Å². The number of ether oxygens (including phenoxy) is 1. The van der Waals surface area contributed by atoms with Crippen LogP contribution in [0, 0.1) is 11.8 Å². The third-order valence-corrected chi connectivity index (χ3v) is 7.69. The van der Waals surface area contributed by atoms with E-state index in [0.717, 1.165) is 16.9 Å². The van der Waals surface area contributed by atoms with E-state index < -0.39 is 18.0 Å². The van der Waals surface area contributed by atoms with Crippen LogP contribution in [0.15, 0.2) is 86.0 Å². The summed E-state index contributed by atoms with van der Waals surface area (Å²) >= 11 is 1.64. The van der Waals surface area contributed by atoms with Gasteiger partial charge in [0.05, 0.1) is 24.5 Å². The average Bonchev–Trinajstić information content (AvgIpc) is 2.98. The Labute approximate surface area is 248 Å². The molecule has 3 N–H and O–H groups in total. The van der Waals surface area contributed by atoms with E-state index >= 15 is 0 Å². The van der Waals surface area contributed by atoms with Crippen molar-refractivity contribution in [2.75, 3.05) is 19.0 Å². The first-order valence-corrected chi connectivity index (χ1v) is 15.3. The Morgan fingerprint density at radius 1 is 0.951 bits per heavy atom. The SMILES string of the molecule is C=CCC[C@H](Cc1ccccc1)C(=O)OC[C@H](CSCc1ccccc1)NC(=O)[C@H](CC=C)CC(=O)N[C@@H](C)CO. The van der Waals surface area contributed by atoms with Gasteiger partial charge < -0.3 is 20.5 Å². The van der Waals surface area contributed by atoms with Crippen molar-refractivity contribution in [1.29, 1.82) is 0 Å². The van der Waals surface area contributed by atoms with Gasteiger partial charge in [-0.3, -0.25) is 14.4 Å². The van der Waals surface area contributed by atoms with Crippen molar-refractivity contribution in [3.8, 4) is 0 Å². The van der Waals surface area contributed by atoms with Crippen LogP contribution in [0.3, 0.4) is 0 Å². The molecular formula is C33H44N2O5S. The largest absolute Gasteiger partial charge is 0.463 e. The van der Waals surface area contributed by atoms with Gasteiger partial charge in [0.2, 0.25) is 11.8 Å². The van der Waals surface area contributed by atoms with Gasteiger partial charge in [0.1, 0.15) is 6.61 Å². The topological polar surface area (TPSA) is 105 Å². The number of nitrogens with one attached hydrogen (secondary N) is 2. The van der Waals surface area contributed by atoms with E-state index in [1.54, 1.807) is 30.8 Å². The van der Waals surface area contributed by atoms with Crippen LogP contribution in [0.25, 0.3) is 0 Å². The molecule has 0 heterocycles. The number of hydrogen-bond donors (Lipinski definition) is 3. The zero-order chi connectivity index (χ0) is 29.9. The second-order valence-electron chi connectivity index (χ2n) is 10.2. The first kappa shape index (κ1) is 33.8. The zero-order valence-corrected chi connectivity index (χ0v) is 24.8. The van der Waals surface area contributed by atoms with Gasteiger partial charge in [-0.05, 0) is 43.7 Å². The standard InChI is InChI=1S/C33H44N2O5S/c1-4-6-18-29(19-26-14-9-7-10-15-26)33(39)40-22-30(24-41-23-27-16-11-8-12-17-27)35-32(38)28(13-5-2)20-31(37)34-25(3)21-36/h4-5,7-12,14-17,25,28-30,36H,1-2,6,13,18-24H2,3H3,(H,34,37)(H,35,38)/t25-,28+,29+,30+/m0/s1. The van der Waals surface area contributed by atoms with Gasteiger partial charge in [-0.15, -0.1) is 13.2 Å². The number of aliphatic hydroxyl groups is 1. The maximum absolute atomic E-state index is 13.3. The van der Waals surface area contributed by atoms with Gasteiger partial charge in [-0.1, -0.05) is 72.8 Å². The van der Waals surface area contributed by atoms with E-state index in [1.807, 2.05) is 60.7 Å². The number of carbonyl (C=O) groups excluding carboxylic acids is 3. The number of esters is 1. The van der Waals surface area contributed by atoms with Crippen molar-refractivity contribution >= 4 is 29.5 Å². The van der Waals surface area contributed by atoms with Crippen LogP contribution in [-0.2, 0) is 31.3 Å². The smallest absolute Gasteiger partial charge is 0.309 e. The molecule has 0 spiro atoms. The molecule has 2 rings (SSSR count). The lowest BCUT2D eigenvalue weighted by molar-refractivity contribution is -0.150. The van der Waals surface area contributed by atoms with Gasteiger partial charge in [0.15, 0.2) is 0 Å². The third kappa shape index (κ3) is 13.7. The van der Waals surface area contributed by atoms with Crippen LogP contribution >= 0.6 is 11.8 Å². The summed E-state index contributed by atoms with van der Waals surface area (Å²) in [4.78, 5) is 38.9. The van der Waals surface area contributed by atoms with Crippen molar-refractivity contribution in [2.24, 2.45) is 11.8 Å². The predicted octanol–water partition coefficient (Wildman–Crippen LogP) is 4.85. The number of carbonyl (C=O) groups is 3. The van der Waals surface area contributed by atoms with E-state index in [0.29, 0.717) is 31.4 Å². The van der Waals surface area contributed by atoms with E-state index in [2.05, 4.69) is 23.8 Å². The van der Waals surface area contributed by atoms with Gasteiger partial charge in [-0.2, -0.15) is 11.8 Å². The highest BCUT2D eigenvalue weighted by atomic mass is 32.2. The lowest BCUT2D eigenvalue weighted by atomic mass is 9.95. The summed E-state index contributed by atoms with van der Waals surface area (Å²) < 4.78 is 5.80. The van der Waals surface area contributed by atoms with E-state index in [4.69, 9.17) is 4.74 Å². The third-order valence-electron chi connectivity index (χ3n) is 6.52. The molecule has 0 fully saturated rings. The lowest BCUT2D eigenvalue weighted by Crippen LogP contribution is -2.45. The minimum atomic E-state index is -0.630. The summed E-state index contributed by atoms with van der Waals surface area (Å²) in [6.45, 7) is 9.05. The van der Waals surface area contributed by atoms with Crippen molar-refractivity contribution in [3.05, 3.63) is 97.1 Å². The summed E-state index contributed by atoms with van der Waals surface area (Å²) in [7, 11) is 0. The quantitative estimate of drug-likeness (QED) is 0.153. The number of hydrogen-bond acceptors (Lipinski definition) is 6. The average molecular weight is 581 g/mol. The Bertz CT molecular complexity index is 1080. The normalized spacial score (nSPS) is 13.7. The maximum Gasteiger partial charge on any atom is 0.309 e. The highest BCUT2D eigenvalue weighted by Gasteiger charge is 2.26. The monoisotopic (exact) mass is 580 g/mol. The number of amides is 2. The Kier molecular flexibility index (Phi) is 16.2. The fourth-order valence-corrected chi connectivity index (χ4v) is 5.26. The van der Waals surface area contributed by atoms with Crippen LogP contribution < -0.4 is 10.6 Å². The molecule has 41 heavy (non-hydrogen) atoms. The first-order valence-electron chi connectivity index (χ1n) is 14.1. The molecule has 2 aromatic rings. The van der Waals surface area contributed by atoms with Gasteiger partial charge in [0, 0.05) is 24.0 Å². The van der Waals surface area contributed by atoms with Crippen LogP contribution in [-0.4, -0.2) is 53.9 Å². The lowest BCUT2D eigenvalue weighted by Gasteiger charge is -2.23. The Morgan fingerprint density at radius 2 is 1.61 bits per heavy atom. The van der Waals surface area contributed by atoms with E-state index in [9.17, 15) is 19.5 Å². The number of aliphatic hydroxyl groups excluding tert-OH is 1. The van der Waals surface area contributed by atoms with Gasteiger partial charge in [0.25, 0.3) is 0 Å². The van der Waals surface area contributed by atoms with Crippen molar-refractivity contribution in [2.45, 2.75) is 56.9 Å². The molecule has 2 aromatic carbocycles. The highest BCUT2D eigenvalue weighted by molar-refractivity contribution is 7.98. The number of rotatable bonds is 20. The molecule has 0 radical (unpaired) electrons. The minimum absolute atomic E-state index is 0.0281. The van der Waals surface area contributed by atoms with Crippen LogP contribution in [0.2, 0.25) is 0 Å². The van der Waals surface area contributed by atoms with Crippen molar-refractivity contribution in [3.63, 3.8) is 0 Å². The molecule has 0 bridgehead atoms. The molecule has 7 nitrogen and oxygen atoms in total. The zero-order valence-electron chi connectivity index (χ0n) is 24.0. The molecule has 8 heteroatoms. The Morgan fingerprint density at radius 3 is 2.22 bits per heavy atom. The molecule has 4 atom stereocenters. The second-order valence-corrected chi connectivity index (χ2v) is 11.2. The minimum Gasteiger partial charge on any atom is -0.463 e. The van der Waals surface area contributed by atoms with Crippen LogP contribution in [0.5, 0.6) is 0 Å². The van der Waals surface area contributed by atoms with E-state index in [-0.39, 0.29) is 43.3 Å². The number of allylic oxidation sites excluding steroid dienone is 2. The summed E-state index contributed by atoms with van der Waals surface area (Å²) in [5.41, 5.74) is 2.22. The first-order chi connectivity index (χ1) is 19.9. The summed E-state index contributed by atoms with van der Waals surface area (Å²) in [5, 5.41) is 14.9. The van der Waals surface area contributed by atoms with Gasteiger partial charge in [-0.25, -0.2) is 0 Å². The molecular weight excluding hydrogens is 536 g/mol. The Hall–Kier alpha value is -3.36. The predicted molar refractivity (Wildman–Crippen MR) is 166 cm³/mol. The summed E-state index contributed by atoms with van der Waals surface area (Å²) in [5.74, 6) is -0.606. The molecule has 0 aliphatic heterocycles. The van der Waals surface area contributed by atoms with E-state index in [1.165, 1.54) is 0 Å². The molecule has 0 aliphatic carbocycles. The summed E-state index contributed by atoms with van der Waals surface area (Å²) in [6.07, 6.45) is 5.57. The molecule has 0 aliphatic rings. The molecule has 0 aromatic heterocycles.